The zero-order valence-electron chi connectivity index (χ0n) is 11.8. The van der Waals surface area contributed by atoms with Crippen molar-refractivity contribution in [1.82, 2.24) is 0 Å². The minimum absolute atomic E-state index is 0.0293. The van der Waals surface area contributed by atoms with Crippen LogP contribution in [0, 0.1) is 20.8 Å². The van der Waals surface area contributed by atoms with Crippen molar-refractivity contribution in [3.8, 4) is 0 Å². The fourth-order valence-electron chi connectivity index (χ4n) is 1.54. The molecule has 0 unspecified atom stereocenters. The minimum atomic E-state index is -4.05. The van der Waals surface area contributed by atoms with E-state index in [0.29, 0.717) is 11.8 Å². The zero-order chi connectivity index (χ0) is 15.3. The van der Waals surface area contributed by atoms with Gasteiger partial charge in [0.15, 0.2) is 6.21 Å². The number of esters is 1. The molecule has 0 bridgehead atoms. The first-order chi connectivity index (χ1) is 9.29. The molecule has 1 aromatic carbocycles. The van der Waals surface area contributed by atoms with Crippen LogP contribution in [0.3, 0.4) is 0 Å². The molecule has 0 N–H and O–H groups in total. The average Bonchev–Trinajstić information content (AvgIpc) is 2.35. The van der Waals surface area contributed by atoms with E-state index in [1.807, 2.05) is 13.8 Å². The number of benzene rings is 1. The van der Waals surface area contributed by atoms with Crippen molar-refractivity contribution >= 4 is 22.3 Å². The van der Waals surface area contributed by atoms with Crippen LogP contribution in [-0.2, 0) is 23.9 Å². The van der Waals surface area contributed by atoms with E-state index in [1.54, 1.807) is 19.9 Å². The van der Waals surface area contributed by atoms with E-state index >= 15 is 0 Å². The third kappa shape index (κ3) is 3.80. The van der Waals surface area contributed by atoms with Gasteiger partial charge in [-0.3, -0.25) is 4.28 Å². The Balaban J connectivity index is 2.96. The second-order valence-electron chi connectivity index (χ2n) is 4.15. The Hall–Kier alpha value is -1.89. The molecule has 7 heteroatoms. The summed E-state index contributed by atoms with van der Waals surface area (Å²) in [4.78, 5) is 11.0. The Morgan fingerprint density at radius 2 is 1.90 bits per heavy atom. The van der Waals surface area contributed by atoms with Gasteiger partial charge < -0.3 is 4.74 Å². The molecule has 1 aromatic rings. The topological polar surface area (TPSA) is 82.0 Å². The first kappa shape index (κ1) is 16.2. The molecular formula is C13H17NO5S. The highest BCUT2D eigenvalue weighted by atomic mass is 32.2. The van der Waals surface area contributed by atoms with Crippen LogP contribution in [0.25, 0.3) is 0 Å². The Morgan fingerprint density at radius 3 is 2.50 bits per heavy atom. The lowest BCUT2D eigenvalue weighted by Crippen LogP contribution is -2.09. The van der Waals surface area contributed by atoms with Gasteiger partial charge in [0.25, 0.3) is 0 Å². The molecule has 110 valence electrons. The summed E-state index contributed by atoms with van der Waals surface area (Å²) in [5.74, 6) is -0.764. The Labute approximate surface area is 118 Å². The lowest BCUT2D eigenvalue weighted by Gasteiger charge is -2.09. The normalized spacial score (nSPS) is 11.6. The van der Waals surface area contributed by atoms with Gasteiger partial charge in [0.2, 0.25) is 0 Å². The van der Waals surface area contributed by atoms with Gasteiger partial charge in [-0.2, -0.15) is 8.42 Å². The number of aryl methyl sites for hydroxylation is 1. The Kier molecular flexibility index (Phi) is 5.26. The van der Waals surface area contributed by atoms with Gasteiger partial charge in [-0.05, 0) is 50.5 Å². The van der Waals surface area contributed by atoms with Crippen molar-refractivity contribution in [3.05, 3.63) is 28.8 Å². The Morgan fingerprint density at radius 1 is 1.25 bits per heavy atom. The number of ether oxygens (including phenoxy) is 1. The van der Waals surface area contributed by atoms with Crippen molar-refractivity contribution < 1.29 is 22.2 Å². The monoisotopic (exact) mass is 299 g/mol. The molecule has 20 heavy (non-hydrogen) atoms. The molecule has 6 nitrogen and oxygen atoms in total. The third-order valence-corrected chi connectivity index (χ3v) is 4.13. The van der Waals surface area contributed by atoms with Crippen molar-refractivity contribution in [2.45, 2.75) is 32.6 Å². The number of oxime groups is 1. The van der Waals surface area contributed by atoms with Crippen molar-refractivity contribution in [2.24, 2.45) is 5.16 Å². The summed E-state index contributed by atoms with van der Waals surface area (Å²) < 4.78 is 32.9. The highest BCUT2D eigenvalue weighted by Gasteiger charge is 2.20. The molecule has 0 aliphatic carbocycles. The molecular weight excluding hydrogens is 282 g/mol. The second kappa shape index (κ2) is 6.51. The van der Waals surface area contributed by atoms with E-state index in [0.717, 1.165) is 11.1 Å². The first-order valence-electron chi connectivity index (χ1n) is 6.00. The molecule has 0 amide bonds. The molecule has 1 rings (SSSR count). The molecule has 0 spiro atoms. The second-order valence-corrected chi connectivity index (χ2v) is 5.64. The summed E-state index contributed by atoms with van der Waals surface area (Å²) in [5, 5.41) is 3.14. The van der Waals surface area contributed by atoms with Crippen LogP contribution in [0.2, 0.25) is 0 Å². The summed E-state index contributed by atoms with van der Waals surface area (Å²) in [5.41, 5.74) is 2.44. The molecule has 0 saturated heterocycles. The molecule has 0 aliphatic rings. The predicted octanol–water partition coefficient (Wildman–Crippen LogP) is 1.87. The van der Waals surface area contributed by atoms with Gasteiger partial charge in [-0.25, -0.2) is 4.79 Å². The predicted molar refractivity (Wildman–Crippen MR) is 74.0 cm³/mol. The van der Waals surface area contributed by atoms with Gasteiger partial charge in [0.05, 0.1) is 6.61 Å². The molecule has 0 heterocycles. The first-order valence-corrected chi connectivity index (χ1v) is 7.41. The smallest absolute Gasteiger partial charge is 0.358 e. The van der Waals surface area contributed by atoms with Crippen LogP contribution in [0.1, 0.15) is 23.6 Å². The fourth-order valence-corrected chi connectivity index (χ4v) is 2.54. The van der Waals surface area contributed by atoms with E-state index in [-0.39, 0.29) is 11.5 Å². The van der Waals surface area contributed by atoms with Crippen LogP contribution in [0.5, 0.6) is 0 Å². The van der Waals surface area contributed by atoms with Crippen LogP contribution in [0.4, 0.5) is 0 Å². The summed E-state index contributed by atoms with van der Waals surface area (Å²) in [7, 11) is -4.05. The van der Waals surface area contributed by atoms with Crippen molar-refractivity contribution in [3.63, 3.8) is 0 Å². The number of nitrogens with zero attached hydrogens (tertiary/aromatic N) is 1. The summed E-state index contributed by atoms with van der Waals surface area (Å²) in [6.07, 6.45) is 0.678. The van der Waals surface area contributed by atoms with Gasteiger partial charge in [0.1, 0.15) is 4.90 Å². The van der Waals surface area contributed by atoms with Crippen LogP contribution in [-0.4, -0.2) is 27.2 Å². The summed E-state index contributed by atoms with van der Waals surface area (Å²) >= 11 is 0. The highest BCUT2D eigenvalue weighted by molar-refractivity contribution is 7.86. The van der Waals surface area contributed by atoms with Gasteiger partial charge in [-0.1, -0.05) is 11.2 Å². The maximum atomic E-state index is 12.0. The SMILES string of the molecule is CCOC(=O)C=NOS(=O)(=O)c1ccc(C)c(C)c1C. The summed E-state index contributed by atoms with van der Waals surface area (Å²) in [6.45, 7) is 7.20. The highest BCUT2D eigenvalue weighted by Crippen LogP contribution is 2.23. The number of carbonyl (C=O) groups excluding carboxylic acids is 1. The molecule has 0 atom stereocenters. The zero-order valence-corrected chi connectivity index (χ0v) is 12.7. The van der Waals surface area contributed by atoms with E-state index in [4.69, 9.17) is 0 Å². The van der Waals surface area contributed by atoms with Crippen molar-refractivity contribution in [1.29, 1.82) is 0 Å². The lowest BCUT2D eigenvalue weighted by atomic mass is 10.1. The number of rotatable bonds is 5. The van der Waals surface area contributed by atoms with Crippen LogP contribution < -0.4 is 0 Å². The van der Waals surface area contributed by atoms with Crippen LogP contribution >= 0.6 is 0 Å². The third-order valence-electron chi connectivity index (χ3n) is 2.86. The van der Waals surface area contributed by atoms with Gasteiger partial charge in [-0.15, -0.1) is 0 Å². The van der Waals surface area contributed by atoms with E-state index in [1.165, 1.54) is 6.07 Å². The summed E-state index contributed by atoms with van der Waals surface area (Å²) in [6, 6.07) is 3.14. The minimum Gasteiger partial charge on any atom is -0.462 e. The van der Waals surface area contributed by atoms with Crippen LogP contribution in [0.15, 0.2) is 22.2 Å². The van der Waals surface area contributed by atoms with E-state index in [9.17, 15) is 13.2 Å². The lowest BCUT2D eigenvalue weighted by molar-refractivity contribution is -0.134. The van der Waals surface area contributed by atoms with Crippen molar-refractivity contribution in [2.75, 3.05) is 6.61 Å². The van der Waals surface area contributed by atoms with E-state index < -0.39 is 16.1 Å². The number of hydrogen-bond donors (Lipinski definition) is 0. The van der Waals surface area contributed by atoms with E-state index in [2.05, 4.69) is 14.2 Å². The molecule has 0 radical (unpaired) electrons. The molecule has 0 fully saturated rings. The van der Waals surface area contributed by atoms with Gasteiger partial charge >= 0.3 is 16.1 Å². The average molecular weight is 299 g/mol. The van der Waals surface area contributed by atoms with Gasteiger partial charge in [0, 0.05) is 0 Å². The Bertz CT molecular complexity index is 634. The quantitative estimate of drug-likeness (QED) is 0.471. The fraction of sp³-hybridized carbons (Fsp3) is 0.385. The maximum absolute atomic E-state index is 12.0. The molecule has 0 saturated carbocycles. The number of hydrogen-bond acceptors (Lipinski definition) is 6. The largest absolute Gasteiger partial charge is 0.462 e. The molecule has 0 aliphatic heterocycles. The number of carbonyl (C=O) groups is 1. The molecule has 0 aromatic heterocycles. The maximum Gasteiger partial charge on any atom is 0.358 e. The standard InChI is InChI=1S/C13H17NO5S/c1-5-18-13(15)8-14-19-20(16,17)12-7-6-9(2)10(3)11(12)4/h6-8H,5H2,1-4H3.